The number of hydrogen-bond donors (Lipinski definition) is 1. The second kappa shape index (κ2) is 5.83. The van der Waals surface area contributed by atoms with Crippen LogP contribution in [0.4, 0.5) is 0 Å². The Morgan fingerprint density at radius 3 is 2.33 bits per heavy atom. The van der Waals surface area contributed by atoms with Gasteiger partial charge in [-0.2, -0.15) is 0 Å². The fourth-order valence-corrected chi connectivity index (χ4v) is 2.34. The molecule has 94 valence electrons. The smallest absolute Gasteiger partial charge is 0.0579 e. The molecule has 0 amide bonds. The summed E-state index contributed by atoms with van der Waals surface area (Å²) in [4.78, 5) is 0. The Bertz CT molecular complexity index is 502. The van der Waals surface area contributed by atoms with E-state index >= 15 is 0 Å². The molecular formula is C17H21N. The van der Waals surface area contributed by atoms with Gasteiger partial charge < -0.3 is 5.32 Å². The normalized spacial score (nSPS) is 12.4. The van der Waals surface area contributed by atoms with Crippen LogP contribution in [0.15, 0.2) is 48.5 Å². The molecule has 0 bridgehead atoms. The van der Waals surface area contributed by atoms with Gasteiger partial charge in [-0.15, -0.1) is 0 Å². The summed E-state index contributed by atoms with van der Waals surface area (Å²) in [6, 6.07) is 17.5. The van der Waals surface area contributed by atoms with E-state index < -0.39 is 0 Å². The summed E-state index contributed by atoms with van der Waals surface area (Å²) in [6.07, 6.45) is 0. The summed E-state index contributed by atoms with van der Waals surface area (Å²) < 4.78 is 0. The maximum Gasteiger partial charge on any atom is 0.0579 e. The Morgan fingerprint density at radius 1 is 0.944 bits per heavy atom. The van der Waals surface area contributed by atoms with Crippen molar-refractivity contribution >= 4 is 0 Å². The van der Waals surface area contributed by atoms with Crippen molar-refractivity contribution in [2.24, 2.45) is 0 Å². The molecule has 18 heavy (non-hydrogen) atoms. The molecule has 2 aromatic rings. The van der Waals surface area contributed by atoms with E-state index in [0.717, 1.165) is 6.54 Å². The Balaban J connectivity index is 2.45. The molecule has 1 unspecified atom stereocenters. The van der Waals surface area contributed by atoms with E-state index in [2.05, 4.69) is 74.6 Å². The molecule has 1 N–H and O–H groups in total. The molecule has 2 rings (SSSR count). The molecule has 1 nitrogen and oxygen atoms in total. The van der Waals surface area contributed by atoms with Crippen LogP contribution in [0.3, 0.4) is 0 Å². The number of rotatable bonds is 4. The van der Waals surface area contributed by atoms with Gasteiger partial charge >= 0.3 is 0 Å². The first-order valence-electron chi connectivity index (χ1n) is 6.58. The summed E-state index contributed by atoms with van der Waals surface area (Å²) in [5, 5.41) is 3.58. The highest BCUT2D eigenvalue weighted by Crippen LogP contribution is 2.26. The molecule has 0 aliphatic carbocycles. The molecule has 0 spiro atoms. The first-order chi connectivity index (χ1) is 8.74. The van der Waals surface area contributed by atoms with Crippen LogP contribution in [0.2, 0.25) is 0 Å². The van der Waals surface area contributed by atoms with Crippen LogP contribution in [0.1, 0.15) is 35.2 Å². The summed E-state index contributed by atoms with van der Waals surface area (Å²) in [5.74, 6) is 0. The highest BCUT2D eigenvalue weighted by Gasteiger charge is 2.15. The lowest BCUT2D eigenvalue weighted by Gasteiger charge is -2.21. The summed E-state index contributed by atoms with van der Waals surface area (Å²) in [7, 11) is 0. The van der Waals surface area contributed by atoms with Crippen LogP contribution < -0.4 is 5.32 Å². The molecule has 0 saturated heterocycles. The van der Waals surface area contributed by atoms with E-state index in [-0.39, 0.29) is 6.04 Å². The van der Waals surface area contributed by atoms with Crippen molar-refractivity contribution in [1.29, 1.82) is 0 Å². The molecule has 0 aliphatic rings. The minimum Gasteiger partial charge on any atom is -0.307 e. The van der Waals surface area contributed by atoms with Gasteiger partial charge in [0.15, 0.2) is 0 Å². The van der Waals surface area contributed by atoms with Gasteiger partial charge in [0, 0.05) is 0 Å². The second-order valence-electron chi connectivity index (χ2n) is 4.69. The topological polar surface area (TPSA) is 12.0 Å². The van der Waals surface area contributed by atoms with E-state index in [4.69, 9.17) is 0 Å². The Kier molecular flexibility index (Phi) is 4.16. The molecule has 0 saturated carbocycles. The Hall–Kier alpha value is -1.60. The van der Waals surface area contributed by atoms with Crippen LogP contribution in [0.25, 0.3) is 0 Å². The predicted molar refractivity (Wildman–Crippen MR) is 77.9 cm³/mol. The standard InChI is InChI=1S/C17H21N/c1-4-18-17(15-10-6-5-7-11-15)16-12-8-9-13(2)14(16)3/h5-12,17-18H,4H2,1-3H3. The van der Waals surface area contributed by atoms with E-state index in [9.17, 15) is 0 Å². The van der Waals surface area contributed by atoms with Gasteiger partial charge in [-0.3, -0.25) is 0 Å². The number of nitrogens with one attached hydrogen (secondary N) is 1. The average Bonchev–Trinajstić information content (AvgIpc) is 2.41. The lowest BCUT2D eigenvalue weighted by atomic mass is 9.93. The predicted octanol–water partition coefficient (Wildman–Crippen LogP) is 4.00. The molecule has 0 radical (unpaired) electrons. The molecule has 0 aromatic heterocycles. The van der Waals surface area contributed by atoms with Crippen LogP contribution in [0, 0.1) is 13.8 Å². The minimum absolute atomic E-state index is 0.288. The summed E-state index contributed by atoms with van der Waals surface area (Å²) >= 11 is 0. The van der Waals surface area contributed by atoms with Gasteiger partial charge in [0.1, 0.15) is 0 Å². The third-order valence-corrected chi connectivity index (χ3v) is 3.50. The summed E-state index contributed by atoms with van der Waals surface area (Å²) in [6.45, 7) is 7.50. The quantitative estimate of drug-likeness (QED) is 0.850. The molecule has 1 atom stereocenters. The van der Waals surface area contributed by atoms with Crippen molar-refractivity contribution in [3.8, 4) is 0 Å². The number of benzene rings is 2. The first kappa shape index (κ1) is 12.8. The minimum atomic E-state index is 0.288. The van der Waals surface area contributed by atoms with E-state index in [1.165, 1.54) is 22.3 Å². The van der Waals surface area contributed by atoms with Gasteiger partial charge in [0.25, 0.3) is 0 Å². The van der Waals surface area contributed by atoms with Crippen molar-refractivity contribution in [1.82, 2.24) is 5.32 Å². The van der Waals surface area contributed by atoms with Crippen molar-refractivity contribution in [3.63, 3.8) is 0 Å². The highest BCUT2D eigenvalue weighted by atomic mass is 14.9. The van der Waals surface area contributed by atoms with E-state index in [0.29, 0.717) is 0 Å². The van der Waals surface area contributed by atoms with Crippen LogP contribution in [0.5, 0.6) is 0 Å². The van der Waals surface area contributed by atoms with Crippen molar-refractivity contribution in [3.05, 3.63) is 70.8 Å². The zero-order valence-electron chi connectivity index (χ0n) is 11.4. The van der Waals surface area contributed by atoms with E-state index in [1.54, 1.807) is 0 Å². The van der Waals surface area contributed by atoms with Crippen LogP contribution in [-0.2, 0) is 0 Å². The first-order valence-corrected chi connectivity index (χ1v) is 6.58. The van der Waals surface area contributed by atoms with Gasteiger partial charge in [0.05, 0.1) is 6.04 Å². The zero-order valence-corrected chi connectivity index (χ0v) is 11.4. The van der Waals surface area contributed by atoms with Crippen molar-refractivity contribution < 1.29 is 0 Å². The molecule has 0 aliphatic heterocycles. The van der Waals surface area contributed by atoms with Crippen LogP contribution in [-0.4, -0.2) is 6.54 Å². The third kappa shape index (κ3) is 2.62. The SMILES string of the molecule is CCNC(c1ccccc1)c1cccc(C)c1C. The van der Waals surface area contributed by atoms with Gasteiger partial charge in [-0.25, -0.2) is 0 Å². The lowest BCUT2D eigenvalue weighted by Crippen LogP contribution is -2.22. The van der Waals surface area contributed by atoms with Gasteiger partial charge in [-0.1, -0.05) is 55.5 Å². The summed E-state index contributed by atoms with van der Waals surface area (Å²) in [5.41, 5.74) is 5.44. The molecular weight excluding hydrogens is 218 g/mol. The van der Waals surface area contributed by atoms with E-state index in [1.807, 2.05) is 0 Å². The largest absolute Gasteiger partial charge is 0.307 e. The number of hydrogen-bond acceptors (Lipinski definition) is 1. The number of aryl methyl sites for hydroxylation is 1. The fraction of sp³-hybridized carbons (Fsp3) is 0.294. The van der Waals surface area contributed by atoms with Gasteiger partial charge in [0.2, 0.25) is 0 Å². The molecule has 0 fully saturated rings. The lowest BCUT2D eigenvalue weighted by molar-refractivity contribution is 0.627. The van der Waals surface area contributed by atoms with Gasteiger partial charge in [-0.05, 0) is 42.6 Å². The second-order valence-corrected chi connectivity index (χ2v) is 4.69. The van der Waals surface area contributed by atoms with Crippen LogP contribution >= 0.6 is 0 Å². The third-order valence-electron chi connectivity index (χ3n) is 3.50. The average molecular weight is 239 g/mol. The van der Waals surface area contributed by atoms with Crippen molar-refractivity contribution in [2.75, 3.05) is 6.54 Å². The highest BCUT2D eigenvalue weighted by molar-refractivity contribution is 5.40. The Morgan fingerprint density at radius 2 is 1.67 bits per heavy atom. The molecule has 0 heterocycles. The zero-order chi connectivity index (χ0) is 13.0. The molecule has 1 heteroatoms. The fourth-order valence-electron chi connectivity index (χ4n) is 2.34. The Labute approximate surface area is 110 Å². The maximum atomic E-state index is 3.58. The molecule has 2 aromatic carbocycles. The van der Waals surface area contributed by atoms with Crippen molar-refractivity contribution in [2.45, 2.75) is 26.8 Å². The monoisotopic (exact) mass is 239 g/mol. The maximum absolute atomic E-state index is 3.58.